The van der Waals surface area contributed by atoms with Gasteiger partial charge in [0, 0.05) is 23.5 Å². The molecular weight excluding hydrogens is 338 g/mol. The molecule has 6 nitrogen and oxygen atoms in total. The van der Waals surface area contributed by atoms with Gasteiger partial charge in [-0.2, -0.15) is 0 Å². The van der Waals surface area contributed by atoms with Crippen LogP contribution in [0.2, 0.25) is 0 Å². The Hall–Kier alpha value is -2.67. The van der Waals surface area contributed by atoms with Crippen molar-refractivity contribution in [1.82, 2.24) is 9.38 Å². The molecule has 7 heteroatoms. The van der Waals surface area contributed by atoms with Gasteiger partial charge < -0.3 is 10.1 Å². The fourth-order valence-corrected chi connectivity index (χ4v) is 3.77. The third kappa shape index (κ3) is 3.56. The minimum Gasteiger partial charge on any atom is -0.455 e. The Morgan fingerprint density at radius 3 is 3.04 bits per heavy atom. The molecule has 1 aliphatic rings. The molecule has 2 aromatic heterocycles. The second-order valence-corrected chi connectivity index (χ2v) is 6.92. The van der Waals surface area contributed by atoms with Crippen molar-refractivity contribution in [1.29, 1.82) is 0 Å². The number of imidazole rings is 1. The third-order valence-electron chi connectivity index (χ3n) is 4.22. The van der Waals surface area contributed by atoms with Gasteiger partial charge in [0.25, 0.3) is 5.91 Å². The maximum atomic E-state index is 12.0. The zero-order valence-electron chi connectivity index (χ0n) is 13.5. The number of amides is 1. The van der Waals surface area contributed by atoms with E-state index in [1.165, 1.54) is 22.5 Å². The van der Waals surface area contributed by atoms with Crippen LogP contribution in [-0.2, 0) is 33.6 Å². The van der Waals surface area contributed by atoms with Crippen LogP contribution in [0.15, 0.2) is 36.0 Å². The summed E-state index contributed by atoms with van der Waals surface area (Å²) < 4.78 is 6.90. The van der Waals surface area contributed by atoms with E-state index in [0.29, 0.717) is 5.69 Å². The van der Waals surface area contributed by atoms with Gasteiger partial charge in [0.1, 0.15) is 0 Å². The first-order valence-corrected chi connectivity index (χ1v) is 9.04. The Labute approximate surface area is 148 Å². The van der Waals surface area contributed by atoms with Gasteiger partial charge in [-0.25, -0.2) is 4.98 Å². The quantitative estimate of drug-likeness (QED) is 0.714. The molecule has 0 aliphatic heterocycles. The standard InChI is InChI=1S/C18H17N3O3S/c22-16(19-14-5-4-12-2-1-3-13(12)8-14)11-24-17(23)9-15-10-21-6-7-25-18(21)20-15/h4-8,10H,1-3,9,11H2,(H,19,22). The Kier molecular flexibility index (Phi) is 4.23. The van der Waals surface area contributed by atoms with Gasteiger partial charge in [0.2, 0.25) is 0 Å². The number of nitrogens with one attached hydrogen (secondary N) is 1. The first kappa shape index (κ1) is 15.8. The number of hydrogen-bond donors (Lipinski definition) is 1. The molecule has 0 saturated heterocycles. The molecule has 0 fully saturated rings. The van der Waals surface area contributed by atoms with Gasteiger partial charge in [0.05, 0.1) is 12.1 Å². The van der Waals surface area contributed by atoms with Crippen molar-refractivity contribution < 1.29 is 14.3 Å². The molecule has 1 amide bonds. The summed E-state index contributed by atoms with van der Waals surface area (Å²) in [5.41, 5.74) is 4.02. The second kappa shape index (κ2) is 6.68. The number of aromatic nitrogens is 2. The molecule has 128 valence electrons. The molecule has 3 aromatic rings. The van der Waals surface area contributed by atoms with Crippen LogP contribution in [0, 0.1) is 0 Å². The van der Waals surface area contributed by atoms with Gasteiger partial charge in [-0.15, -0.1) is 11.3 Å². The molecule has 25 heavy (non-hydrogen) atoms. The van der Waals surface area contributed by atoms with Gasteiger partial charge in [-0.05, 0) is 42.5 Å². The highest BCUT2D eigenvalue weighted by atomic mass is 32.1. The van der Waals surface area contributed by atoms with E-state index in [-0.39, 0.29) is 18.9 Å². The van der Waals surface area contributed by atoms with Crippen LogP contribution in [0.25, 0.3) is 4.96 Å². The van der Waals surface area contributed by atoms with Crippen molar-refractivity contribution in [3.63, 3.8) is 0 Å². The Balaban J connectivity index is 1.28. The minimum atomic E-state index is -0.463. The number of fused-ring (bicyclic) bond motifs is 2. The number of rotatable bonds is 5. The maximum absolute atomic E-state index is 12.0. The van der Waals surface area contributed by atoms with Crippen LogP contribution < -0.4 is 5.32 Å². The number of thiazole rings is 1. The molecule has 0 saturated carbocycles. The molecule has 0 spiro atoms. The molecule has 4 rings (SSSR count). The highest BCUT2D eigenvalue weighted by Crippen LogP contribution is 2.24. The topological polar surface area (TPSA) is 72.7 Å². The molecular formula is C18H17N3O3S. The molecule has 1 aliphatic carbocycles. The van der Waals surface area contributed by atoms with Crippen molar-refractivity contribution in [3.8, 4) is 0 Å². The maximum Gasteiger partial charge on any atom is 0.312 e. The summed E-state index contributed by atoms with van der Waals surface area (Å²) in [6.45, 7) is -0.294. The summed E-state index contributed by atoms with van der Waals surface area (Å²) in [5.74, 6) is -0.799. The lowest BCUT2D eigenvalue weighted by molar-refractivity contribution is -0.146. The Bertz CT molecular complexity index is 916. The Morgan fingerprint density at radius 1 is 1.28 bits per heavy atom. The monoisotopic (exact) mass is 355 g/mol. The first-order chi connectivity index (χ1) is 12.2. The third-order valence-corrected chi connectivity index (χ3v) is 4.99. The van der Waals surface area contributed by atoms with Crippen molar-refractivity contribution in [2.75, 3.05) is 11.9 Å². The fraction of sp³-hybridized carbons (Fsp3) is 0.278. The number of benzene rings is 1. The number of nitrogens with zero attached hydrogens (tertiary/aromatic N) is 2. The normalized spacial score (nSPS) is 13.0. The van der Waals surface area contributed by atoms with E-state index in [0.717, 1.165) is 29.9 Å². The molecule has 1 aromatic carbocycles. The van der Waals surface area contributed by atoms with Crippen molar-refractivity contribution in [2.45, 2.75) is 25.7 Å². The van der Waals surface area contributed by atoms with Gasteiger partial charge >= 0.3 is 5.97 Å². The van der Waals surface area contributed by atoms with Gasteiger partial charge in [-0.3, -0.25) is 14.0 Å². The van der Waals surface area contributed by atoms with Crippen LogP contribution in [-0.4, -0.2) is 27.9 Å². The lowest BCUT2D eigenvalue weighted by atomic mass is 10.1. The van der Waals surface area contributed by atoms with E-state index in [1.807, 2.05) is 34.2 Å². The number of carbonyl (C=O) groups excluding carboxylic acids is 2. The van der Waals surface area contributed by atoms with E-state index >= 15 is 0 Å². The zero-order valence-corrected chi connectivity index (χ0v) is 14.3. The average molecular weight is 355 g/mol. The first-order valence-electron chi connectivity index (χ1n) is 8.16. The predicted octanol–water partition coefficient (Wildman–Crippen LogP) is 2.61. The smallest absolute Gasteiger partial charge is 0.312 e. The summed E-state index contributed by atoms with van der Waals surface area (Å²) in [6, 6.07) is 5.94. The molecule has 0 atom stereocenters. The lowest BCUT2D eigenvalue weighted by Gasteiger charge is -2.08. The summed E-state index contributed by atoms with van der Waals surface area (Å²) in [6.07, 6.45) is 7.04. The number of carbonyl (C=O) groups is 2. The number of aryl methyl sites for hydroxylation is 2. The average Bonchev–Trinajstić information content (AvgIpc) is 3.28. The number of hydrogen-bond acceptors (Lipinski definition) is 5. The molecule has 0 radical (unpaired) electrons. The zero-order chi connectivity index (χ0) is 17.2. The number of ether oxygens (including phenoxy) is 1. The predicted molar refractivity (Wildman–Crippen MR) is 94.8 cm³/mol. The SMILES string of the molecule is O=C(COC(=O)Cc1cn2ccsc2n1)Nc1ccc2c(c1)CCC2. The summed E-state index contributed by atoms with van der Waals surface area (Å²) in [7, 11) is 0. The van der Waals surface area contributed by atoms with E-state index in [9.17, 15) is 9.59 Å². The Morgan fingerprint density at radius 2 is 2.16 bits per heavy atom. The highest BCUT2D eigenvalue weighted by molar-refractivity contribution is 7.15. The molecule has 0 unspecified atom stereocenters. The van der Waals surface area contributed by atoms with E-state index < -0.39 is 5.97 Å². The largest absolute Gasteiger partial charge is 0.455 e. The fourth-order valence-electron chi connectivity index (χ4n) is 3.05. The molecule has 0 bridgehead atoms. The van der Waals surface area contributed by atoms with Crippen LogP contribution in [0.1, 0.15) is 23.2 Å². The number of anilines is 1. The van der Waals surface area contributed by atoms with Gasteiger partial charge in [-0.1, -0.05) is 6.07 Å². The van der Waals surface area contributed by atoms with E-state index in [2.05, 4.69) is 10.3 Å². The lowest BCUT2D eigenvalue weighted by Crippen LogP contribution is -2.21. The number of esters is 1. The van der Waals surface area contributed by atoms with Crippen molar-refractivity contribution >= 4 is 33.9 Å². The van der Waals surface area contributed by atoms with Crippen molar-refractivity contribution in [3.05, 3.63) is 52.8 Å². The van der Waals surface area contributed by atoms with Crippen LogP contribution in [0.4, 0.5) is 5.69 Å². The van der Waals surface area contributed by atoms with Crippen LogP contribution in [0.3, 0.4) is 0 Å². The summed E-state index contributed by atoms with van der Waals surface area (Å²) in [5, 5.41) is 4.70. The minimum absolute atomic E-state index is 0.0561. The van der Waals surface area contributed by atoms with Gasteiger partial charge in [0.15, 0.2) is 11.6 Å². The van der Waals surface area contributed by atoms with Crippen LogP contribution in [0.5, 0.6) is 0 Å². The summed E-state index contributed by atoms with van der Waals surface area (Å²) in [4.78, 5) is 29.0. The van der Waals surface area contributed by atoms with E-state index in [4.69, 9.17) is 4.74 Å². The molecule has 2 heterocycles. The van der Waals surface area contributed by atoms with Crippen LogP contribution >= 0.6 is 11.3 Å². The van der Waals surface area contributed by atoms with Crippen molar-refractivity contribution in [2.24, 2.45) is 0 Å². The highest BCUT2D eigenvalue weighted by Gasteiger charge is 2.14. The van der Waals surface area contributed by atoms with E-state index in [1.54, 1.807) is 6.20 Å². The molecule has 1 N–H and O–H groups in total. The summed E-state index contributed by atoms with van der Waals surface area (Å²) >= 11 is 1.50. The second-order valence-electron chi connectivity index (χ2n) is 6.05.